The molecule has 4 rings (SSSR count). The van der Waals surface area contributed by atoms with Gasteiger partial charge in [-0.1, -0.05) is 49.7 Å². The minimum Gasteiger partial charge on any atom is -0.354 e. The van der Waals surface area contributed by atoms with Crippen LogP contribution in [0.2, 0.25) is 0 Å². The number of piperazine rings is 1. The molecule has 1 aromatic heterocycles. The zero-order chi connectivity index (χ0) is 22.0. The molecule has 7 heteroatoms. The van der Waals surface area contributed by atoms with Gasteiger partial charge in [0.15, 0.2) is 0 Å². The van der Waals surface area contributed by atoms with Crippen LogP contribution in [-0.2, 0) is 10.0 Å². The molecular weight excluding hydrogens is 408 g/mol. The van der Waals surface area contributed by atoms with E-state index < -0.39 is 10.0 Å². The third-order valence-corrected chi connectivity index (χ3v) is 7.63. The third-order valence-electron chi connectivity index (χ3n) is 5.71. The van der Waals surface area contributed by atoms with Gasteiger partial charge in [-0.05, 0) is 36.6 Å². The topological polar surface area (TPSA) is 66.4 Å². The highest BCUT2D eigenvalue weighted by Crippen LogP contribution is 2.25. The summed E-state index contributed by atoms with van der Waals surface area (Å²) in [5.74, 6) is 1.20. The lowest BCUT2D eigenvalue weighted by Gasteiger charge is -2.34. The van der Waals surface area contributed by atoms with E-state index in [0.29, 0.717) is 37.0 Å². The van der Waals surface area contributed by atoms with Crippen molar-refractivity contribution in [1.82, 2.24) is 14.3 Å². The average molecular weight is 437 g/mol. The van der Waals surface area contributed by atoms with Crippen LogP contribution >= 0.6 is 0 Å². The molecule has 31 heavy (non-hydrogen) atoms. The maximum absolute atomic E-state index is 13.1. The van der Waals surface area contributed by atoms with Gasteiger partial charge in [-0.25, -0.2) is 18.4 Å². The van der Waals surface area contributed by atoms with E-state index in [9.17, 15) is 8.42 Å². The summed E-state index contributed by atoms with van der Waals surface area (Å²) in [6.07, 6.45) is 1.58. The first-order valence-electron chi connectivity index (χ1n) is 10.6. The van der Waals surface area contributed by atoms with Gasteiger partial charge in [-0.2, -0.15) is 4.31 Å². The number of benzene rings is 2. The molecule has 0 atom stereocenters. The van der Waals surface area contributed by atoms with Gasteiger partial charge in [-0.15, -0.1) is 0 Å². The van der Waals surface area contributed by atoms with Gasteiger partial charge >= 0.3 is 0 Å². The van der Waals surface area contributed by atoms with Crippen LogP contribution in [-0.4, -0.2) is 48.9 Å². The highest BCUT2D eigenvalue weighted by molar-refractivity contribution is 7.89. The fraction of sp³-hybridized carbons (Fsp3) is 0.333. The number of aromatic nitrogens is 2. The first-order chi connectivity index (χ1) is 14.8. The molecule has 1 aliphatic rings. The van der Waals surface area contributed by atoms with Crippen LogP contribution < -0.4 is 4.90 Å². The summed E-state index contributed by atoms with van der Waals surface area (Å²) < 4.78 is 27.7. The lowest BCUT2D eigenvalue weighted by atomic mass is 10.0. The summed E-state index contributed by atoms with van der Waals surface area (Å²) in [4.78, 5) is 11.3. The second kappa shape index (κ2) is 8.77. The Hall–Kier alpha value is -2.77. The lowest BCUT2D eigenvalue weighted by Crippen LogP contribution is -2.48. The van der Waals surface area contributed by atoms with E-state index in [2.05, 4.69) is 47.8 Å². The SMILES string of the molecule is Cc1cccc(-c2cc(N3CCN(S(=O)(=O)c4ccc(C(C)C)cc4)CC3)ncn2)c1. The largest absolute Gasteiger partial charge is 0.354 e. The Balaban J connectivity index is 1.47. The average Bonchev–Trinajstić information content (AvgIpc) is 2.79. The molecule has 6 nitrogen and oxygen atoms in total. The summed E-state index contributed by atoms with van der Waals surface area (Å²) in [6.45, 7) is 8.29. The molecule has 0 saturated carbocycles. The summed E-state index contributed by atoms with van der Waals surface area (Å²) in [6, 6.07) is 17.4. The van der Waals surface area contributed by atoms with E-state index in [0.717, 1.165) is 22.6 Å². The molecule has 0 amide bonds. The molecular formula is C24H28N4O2S. The zero-order valence-electron chi connectivity index (χ0n) is 18.2. The maximum Gasteiger partial charge on any atom is 0.243 e. The van der Waals surface area contributed by atoms with Crippen molar-refractivity contribution in [2.24, 2.45) is 0 Å². The van der Waals surface area contributed by atoms with E-state index in [-0.39, 0.29) is 0 Å². The molecule has 3 aromatic rings. The van der Waals surface area contributed by atoms with Gasteiger partial charge in [0.1, 0.15) is 12.1 Å². The van der Waals surface area contributed by atoms with Gasteiger partial charge in [0.05, 0.1) is 10.6 Å². The van der Waals surface area contributed by atoms with E-state index in [1.54, 1.807) is 22.8 Å². The molecule has 2 heterocycles. The number of sulfonamides is 1. The predicted octanol–water partition coefficient (Wildman–Crippen LogP) is 4.09. The Bertz CT molecular complexity index is 1150. The van der Waals surface area contributed by atoms with Gasteiger partial charge in [0.2, 0.25) is 10.0 Å². The fourth-order valence-corrected chi connectivity index (χ4v) is 5.24. The van der Waals surface area contributed by atoms with E-state index >= 15 is 0 Å². The third kappa shape index (κ3) is 4.62. The molecule has 0 radical (unpaired) electrons. The molecule has 162 valence electrons. The van der Waals surface area contributed by atoms with Crippen LogP contribution in [0.1, 0.15) is 30.9 Å². The Labute approximate surface area is 184 Å². The first kappa shape index (κ1) is 21.5. The summed E-state index contributed by atoms with van der Waals surface area (Å²) >= 11 is 0. The normalized spacial score (nSPS) is 15.4. The molecule has 1 aliphatic heterocycles. The van der Waals surface area contributed by atoms with Crippen molar-refractivity contribution in [3.63, 3.8) is 0 Å². The van der Waals surface area contributed by atoms with Crippen molar-refractivity contribution in [1.29, 1.82) is 0 Å². The maximum atomic E-state index is 13.1. The Morgan fingerprint density at radius 1 is 0.903 bits per heavy atom. The Morgan fingerprint density at radius 3 is 2.26 bits per heavy atom. The van der Waals surface area contributed by atoms with Crippen molar-refractivity contribution in [2.45, 2.75) is 31.6 Å². The van der Waals surface area contributed by atoms with E-state index in [4.69, 9.17) is 0 Å². The highest BCUT2D eigenvalue weighted by Gasteiger charge is 2.29. The molecule has 0 bridgehead atoms. The van der Waals surface area contributed by atoms with Crippen LogP contribution in [0.15, 0.2) is 65.8 Å². The van der Waals surface area contributed by atoms with Gasteiger partial charge in [0.25, 0.3) is 0 Å². The summed E-state index contributed by atoms with van der Waals surface area (Å²) in [5.41, 5.74) is 4.23. The highest BCUT2D eigenvalue weighted by atomic mass is 32.2. The standard InChI is InChI=1S/C24H28N4O2S/c1-18(2)20-7-9-22(10-8-20)31(29,30)28-13-11-27(12-14-28)24-16-23(25-17-26-24)21-6-4-5-19(3)15-21/h4-10,15-18H,11-14H2,1-3H3. The number of aryl methyl sites for hydroxylation is 1. The van der Waals surface area contributed by atoms with E-state index in [1.807, 2.05) is 30.3 Å². The second-order valence-corrected chi connectivity index (χ2v) is 10.2. The minimum absolute atomic E-state index is 0.356. The van der Waals surface area contributed by atoms with Crippen molar-refractivity contribution >= 4 is 15.8 Å². The van der Waals surface area contributed by atoms with Crippen LogP contribution in [0.4, 0.5) is 5.82 Å². The molecule has 1 fully saturated rings. The van der Waals surface area contributed by atoms with Crippen LogP contribution in [0.5, 0.6) is 0 Å². The summed E-state index contributed by atoms with van der Waals surface area (Å²) in [5, 5.41) is 0. The minimum atomic E-state index is -3.49. The monoisotopic (exact) mass is 436 g/mol. The first-order valence-corrected chi connectivity index (χ1v) is 12.0. The molecule has 0 N–H and O–H groups in total. The molecule has 1 saturated heterocycles. The van der Waals surface area contributed by atoms with Gasteiger partial charge < -0.3 is 4.90 Å². The predicted molar refractivity (Wildman–Crippen MR) is 124 cm³/mol. The number of rotatable bonds is 5. The molecule has 0 aliphatic carbocycles. The van der Waals surface area contributed by atoms with E-state index in [1.165, 1.54) is 5.56 Å². The quantitative estimate of drug-likeness (QED) is 0.603. The second-order valence-electron chi connectivity index (χ2n) is 8.25. The summed E-state index contributed by atoms with van der Waals surface area (Å²) in [7, 11) is -3.49. The van der Waals surface area contributed by atoms with Crippen LogP contribution in [0.25, 0.3) is 11.3 Å². The number of nitrogens with zero attached hydrogens (tertiary/aromatic N) is 4. The van der Waals surface area contributed by atoms with Crippen LogP contribution in [0.3, 0.4) is 0 Å². The molecule has 0 spiro atoms. The fourth-order valence-electron chi connectivity index (χ4n) is 3.81. The van der Waals surface area contributed by atoms with Crippen molar-refractivity contribution < 1.29 is 8.42 Å². The van der Waals surface area contributed by atoms with Crippen molar-refractivity contribution in [3.05, 3.63) is 72.1 Å². The number of anilines is 1. The molecule has 2 aromatic carbocycles. The Morgan fingerprint density at radius 2 is 1.61 bits per heavy atom. The number of hydrogen-bond acceptors (Lipinski definition) is 5. The van der Waals surface area contributed by atoms with Gasteiger partial charge in [-0.3, -0.25) is 0 Å². The van der Waals surface area contributed by atoms with Gasteiger partial charge in [0, 0.05) is 37.8 Å². The van der Waals surface area contributed by atoms with Crippen LogP contribution in [0, 0.1) is 6.92 Å². The lowest BCUT2D eigenvalue weighted by molar-refractivity contribution is 0.384. The Kier molecular flexibility index (Phi) is 6.07. The zero-order valence-corrected chi connectivity index (χ0v) is 19.0. The smallest absolute Gasteiger partial charge is 0.243 e. The number of hydrogen-bond donors (Lipinski definition) is 0. The van der Waals surface area contributed by atoms with Crippen molar-refractivity contribution in [2.75, 3.05) is 31.1 Å². The molecule has 0 unspecified atom stereocenters. The van der Waals surface area contributed by atoms with Crippen molar-refractivity contribution in [3.8, 4) is 11.3 Å².